The van der Waals surface area contributed by atoms with Gasteiger partial charge in [-0.1, -0.05) is 19.1 Å². The van der Waals surface area contributed by atoms with Crippen LogP contribution in [0.15, 0.2) is 24.3 Å². The smallest absolute Gasteiger partial charge is 0.269 e. The van der Waals surface area contributed by atoms with Crippen LogP contribution in [0.25, 0.3) is 0 Å². The second kappa shape index (κ2) is 8.11. The van der Waals surface area contributed by atoms with E-state index in [-0.39, 0.29) is 10.6 Å². The Balaban J connectivity index is 2.37. The third kappa shape index (κ3) is 5.06. The monoisotopic (exact) mass is 268 g/mol. The largest absolute Gasteiger partial charge is 0.313 e. The Bertz CT molecular complexity index is 368. The number of non-ortho nitro benzene ring substituents is 1. The van der Waals surface area contributed by atoms with Crippen LogP contribution in [0.2, 0.25) is 0 Å². The van der Waals surface area contributed by atoms with Crippen LogP contribution in [0.3, 0.4) is 0 Å². The van der Waals surface area contributed by atoms with Gasteiger partial charge in [0.1, 0.15) is 0 Å². The molecule has 18 heavy (non-hydrogen) atoms. The Morgan fingerprint density at radius 2 is 2.06 bits per heavy atom. The SMILES string of the molecule is CCC(CSC)NCCc1ccc([N+](=O)[O-])cc1. The zero-order chi connectivity index (χ0) is 13.4. The molecule has 0 heterocycles. The minimum atomic E-state index is -0.367. The molecule has 0 bridgehead atoms. The average Bonchev–Trinajstić information content (AvgIpc) is 2.38. The lowest BCUT2D eigenvalue weighted by atomic mass is 10.1. The van der Waals surface area contributed by atoms with Crippen LogP contribution in [0.1, 0.15) is 18.9 Å². The number of hydrogen-bond donors (Lipinski definition) is 1. The van der Waals surface area contributed by atoms with Crippen molar-refractivity contribution in [2.24, 2.45) is 0 Å². The lowest BCUT2D eigenvalue weighted by molar-refractivity contribution is -0.384. The first-order valence-corrected chi connectivity index (χ1v) is 7.52. The highest BCUT2D eigenvalue weighted by Gasteiger charge is 2.05. The molecular formula is C13H20N2O2S. The molecule has 0 aliphatic rings. The third-order valence-corrected chi connectivity index (χ3v) is 3.59. The molecule has 0 aromatic heterocycles. The van der Waals surface area contributed by atoms with Crippen molar-refractivity contribution in [3.8, 4) is 0 Å². The summed E-state index contributed by atoms with van der Waals surface area (Å²) in [6.45, 7) is 3.09. The first-order chi connectivity index (χ1) is 8.67. The number of rotatable bonds is 8. The topological polar surface area (TPSA) is 55.2 Å². The molecule has 1 rings (SSSR count). The third-order valence-electron chi connectivity index (χ3n) is 2.85. The van der Waals surface area contributed by atoms with Gasteiger partial charge >= 0.3 is 0 Å². The van der Waals surface area contributed by atoms with Crippen LogP contribution in [0.4, 0.5) is 5.69 Å². The summed E-state index contributed by atoms with van der Waals surface area (Å²) < 4.78 is 0. The van der Waals surface area contributed by atoms with Crippen molar-refractivity contribution in [3.63, 3.8) is 0 Å². The summed E-state index contributed by atoms with van der Waals surface area (Å²) in [5, 5.41) is 14.0. The molecule has 0 spiro atoms. The fourth-order valence-electron chi connectivity index (χ4n) is 1.73. The van der Waals surface area contributed by atoms with Gasteiger partial charge in [0, 0.05) is 23.9 Å². The summed E-state index contributed by atoms with van der Waals surface area (Å²) in [4.78, 5) is 10.1. The Morgan fingerprint density at radius 3 is 2.56 bits per heavy atom. The molecule has 0 saturated heterocycles. The summed E-state index contributed by atoms with van der Waals surface area (Å²) in [7, 11) is 0. The number of nitro benzene ring substituents is 1. The van der Waals surface area contributed by atoms with Crippen LogP contribution < -0.4 is 5.32 Å². The van der Waals surface area contributed by atoms with E-state index in [0.29, 0.717) is 6.04 Å². The maximum atomic E-state index is 10.5. The van der Waals surface area contributed by atoms with E-state index in [1.54, 1.807) is 12.1 Å². The fraction of sp³-hybridized carbons (Fsp3) is 0.538. The highest BCUT2D eigenvalue weighted by Crippen LogP contribution is 2.12. The van der Waals surface area contributed by atoms with Crippen LogP contribution in [-0.4, -0.2) is 29.5 Å². The fourth-order valence-corrected chi connectivity index (χ4v) is 2.48. The van der Waals surface area contributed by atoms with Crippen molar-refractivity contribution in [3.05, 3.63) is 39.9 Å². The molecule has 0 radical (unpaired) electrons. The number of nitrogens with zero attached hydrogens (tertiary/aromatic N) is 1. The molecule has 0 amide bonds. The molecule has 1 unspecified atom stereocenters. The van der Waals surface area contributed by atoms with E-state index < -0.39 is 0 Å². The summed E-state index contributed by atoms with van der Waals surface area (Å²) >= 11 is 1.85. The van der Waals surface area contributed by atoms with Gasteiger partial charge in [-0.15, -0.1) is 0 Å². The summed E-state index contributed by atoms with van der Waals surface area (Å²) in [6.07, 6.45) is 4.14. The first kappa shape index (κ1) is 15.0. The Labute approximate surface area is 112 Å². The van der Waals surface area contributed by atoms with Gasteiger partial charge in [0.15, 0.2) is 0 Å². The van der Waals surface area contributed by atoms with Crippen molar-refractivity contribution in [2.75, 3.05) is 18.6 Å². The van der Waals surface area contributed by atoms with Gasteiger partial charge in [-0.2, -0.15) is 11.8 Å². The zero-order valence-electron chi connectivity index (χ0n) is 10.9. The zero-order valence-corrected chi connectivity index (χ0v) is 11.7. The van der Waals surface area contributed by atoms with Gasteiger partial charge in [0.2, 0.25) is 0 Å². The predicted octanol–water partition coefficient (Wildman–Crippen LogP) is 2.87. The Kier molecular flexibility index (Phi) is 6.75. The molecule has 4 nitrogen and oxygen atoms in total. The van der Waals surface area contributed by atoms with E-state index >= 15 is 0 Å². The lowest BCUT2D eigenvalue weighted by Crippen LogP contribution is -2.32. The molecule has 1 aromatic carbocycles. The van der Waals surface area contributed by atoms with Gasteiger partial charge in [0.05, 0.1) is 4.92 Å². The molecule has 5 heteroatoms. The summed E-state index contributed by atoms with van der Waals surface area (Å²) in [6, 6.07) is 7.34. The highest BCUT2D eigenvalue weighted by molar-refractivity contribution is 7.98. The van der Waals surface area contributed by atoms with E-state index in [1.165, 1.54) is 0 Å². The van der Waals surface area contributed by atoms with Gasteiger partial charge in [-0.05, 0) is 31.2 Å². The van der Waals surface area contributed by atoms with E-state index in [0.717, 1.165) is 30.7 Å². The van der Waals surface area contributed by atoms with Crippen molar-refractivity contribution in [1.82, 2.24) is 5.32 Å². The summed E-state index contributed by atoms with van der Waals surface area (Å²) in [5.41, 5.74) is 1.28. The second-order valence-corrected chi connectivity index (χ2v) is 5.10. The molecule has 0 saturated carbocycles. The Hall–Kier alpha value is -1.07. The quantitative estimate of drug-likeness (QED) is 0.582. The molecule has 1 aromatic rings. The maximum absolute atomic E-state index is 10.5. The second-order valence-electron chi connectivity index (χ2n) is 4.19. The number of nitrogens with one attached hydrogen (secondary N) is 1. The number of thioether (sulfide) groups is 1. The molecule has 0 aliphatic heterocycles. The molecule has 0 aliphatic carbocycles. The van der Waals surface area contributed by atoms with E-state index in [9.17, 15) is 10.1 Å². The Morgan fingerprint density at radius 1 is 1.39 bits per heavy atom. The van der Waals surface area contributed by atoms with E-state index in [4.69, 9.17) is 0 Å². The number of hydrogen-bond acceptors (Lipinski definition) is 4. The standard InChI is InChI=1S/C13H20N2O2S/c1-3-12(10-18-2)14-9-8-11-4-6-13(7-5-11)15(16)17/h4-7,12,14H,3,8-10H2,1-2H3. The highest BCUT2D eigenvalue weighted by atomic mass is 32.2. The minimum Gasteiger partial charge on any atom is -0.313 e. The molecule has 100 valence electrons. The number of benzene rings is 1. The average molecular weight is 268 g/mol. The summed E-state index contributed by atoms with van der Waals surface area (Å²) in [5.74, 6) is 1.12. The van der Waals surface area contributed by atoms with Crippen LogP contribution in [0, 0.1) is 10.1 Å². The van der Waals surface area contributed by atoms with Crippen molar-refractivity contribution >= 4 is 17.4 Å². The normalized spacial score (nSPS) is 12.3. The molecular weight excluding hydrogens is 248 g/mol. The van der Waals surface area contributed by atoms with Crippen molar-refractivity contribution in [2.45, 2.75) is 25.8 Å². The van der Waals surface area contributed by atoms with E-state index in [2.05, 4.69) is 18.5 Å². The molecule has 1 N–H and O–H groups in total. The maximum Gasteiger partial charge on any atom is 0.269 e. The van der Waals surface area contributed by atoms with Crippen molar-refractivity contribution in [1.29, 1.82) is 0 Å². The minimum absolute atomic E-state index is 0.153. The van der Waals surface area contributed by atoms with Gasteiger partial charge < -0.3 is 5.32 Å². The van der Waals surface area contributed by atoms with Crippen LogP contribution in [0.5, 0.6) is 0 Å². The predicted molar refractivity (Wildman–Crippen MR) is 77.3 cm³/mol. The van der Waals surface area contributed by atoms with Crippen LogP contribution in [-0.2, 0) is 6.42 Å². The molecule has 1 atom stereocenters. The van der Waals surface area contributed by atoms with Crippen LogP contribution >= 0.6 is 11.8 Å². The number of nitro groups is 1. The molecule has 0 fully saturated rings. The van der Waals surface area contributed by atoms with Crippen molar-refractivity contribution < 1.29 is 4.92 Å². The first-order valence-electron chi connectivity index (χ1n) is 6.13. The lowest BCUT2D eigenvalue weighted by Gasteiger charge is -2.15. The van der Waals surface area contributed by atoms with E-state index in [1.807, 2.05) is 23.9 Å². The van der Waals surface area contributed by atoms with Gasteiger partial charge in [-0.3, -0.25) is 10.1 Å². The van der Waals surface area contributed by atoms with Gasteiger partial charge in [0.25, 0.3) is 5.69 Å². The van der Waals surface area contributed by atoms with Gasteiger partial charge in [-0.25, -0.2) is 0 Å².